The second-order valence-corrected chi connectivity index (χ2v) is 6.52. The fourth-order valence-electron chi connectivity index (χ4n) is 3.43. The molecular weight excluding hydrogens is 341 g/mol. The van der Waals surface area contributed by atoms with Gasteiger partial charge in [0, 0.05) is 12.6 Å². The average molecular weight is 358 g/mol. The van der Waals surface area contributed by atoms with Gasteiger partial charge in [-0.05, 0) is 48.9 Å². The third kappa shape index (κ3) is 3.36. The van der Waals surface area contributed by atoms with Crippen LogP contribution in [-0.2, 0) is 19.0 Å². The molecule has 0 saturated heterocycles. The Bertz CT molecular complexity index is 903. The molecule has 4 rings (SSSR count). The van der Waals surface area contributed by atoms with Gasteiger partial charge in [-0.25, -0.2) is 4.98 Å². The van der Waals surface area contributed by atoms with Crippen molar-refractivity contribution in [1.82, 2.24) is 9.97 Å². The van der Waals surface area contributed by atoms with Crippen LogP contribution in [0.25, 0.3) is 11.6 Å². The Morgan fingerprint density at radius 3 is 2.73 bits per heavy atom. The Balaban J connectivity index is 1.63. The van der Waals surface area contributed by atoms with Crippen molar-refractivity contribution in [2.75, 3.05) is 0 Å². The molecule has 1 atom stereocenters. The quantitative estimate of drug-likeness (QED) is 0.574. The number of nitrogens with zero attached hydrogens (tertiary/aromatic N) is 2. The van der Waals surface area contributed by atoms with Gasteiger partial charge >= 0.3 is 6.18 Å². The number of pyridine rings is 1. The summed E-state index contributed by atoms with van der Waals surface area (Å²) in [7, 11) is 0. The number of aromatic nitrogens is 2. The van der Waals surface area contributed by atoms with Crippen LogP contribution in [0.3, 0.4) is 0 Å². The molecule has 3 aromatic rings. The van der Waals surface area contributed by atoms with Crippen molar-refractivity contribution in [3.63, 3.8) is 0 Å². The summed E-state index contributed by atoms with van der Waals surface area (Å²) in [6, 6.07) is 11.1. The molecule has 2 heterocycles. The number of rotatable bonds is 2. The topological polar surface area (TPSA) is 38.9 Å². The van der Waals surface area contributed by atoms with Crippen LogP contribution in [0.4, 0.5) is 13.2 Å². The summed E-state index contributed by atoms with van der Waals surface area (Å²) in [5, 5.41) is 0. The van der Waals surface area contributed by atoms with Gasteiger partial charge in [-0.3, -0.25) is 4.98 Å². The van der Waals surface area contributed by atoms with Crippen LogP contribution >= 0.6 is 0 Å². The van der Waals surface area contributed by atoms with E-state index in [-0.39, 0.29) is 5.92 Å². The maximum atomic E-state index is 13.0. The molecule has 0 bridgehead atoms. The van der Waals surface area contributed by atoms with Gasteiger partial charge in [-0.2, -0.15) is 13.2 Å². The van der Waals surface area contributed by atoms with Crippen LogP contribution in [0.1, 0.15) is 41.3 Å². The summed E-state index contributed by atoms with van der Waals surface area (Å²) >= 11 is 0. The lowest BCUT2D eigenvalue weighted by molar-refractivity contribution is -0.137. The van der Waals surface area contributed by atoms with E-state index in [2.05, 4.69) is 9.97 Å². The molecule has 2 aromatic heterocycles. The monoisotopic (exact) mass is 358 g/mol. The molecule has 6 heteroatoms. The predicted molar refractivity (Wildman–Crippen MR) is 90.6 cm³/mol. The van der Waals surface area contributed by atoms with E-state index >= 15 is 0 Å². The molecule has 134 valence electrons. The minimum Gasteiger partial charge on any atom is -0.440 e. The minimum atomic E-state index is -4.33. The van der Waals surface area contributed by atoms with Crippen molar-refractivity contribution in [3.05, 3.63) is 71.2 Å². The summed E-state index contributed by atoms with van der Waals surface area (Å²) in [4.78, 5) is 8.81. The third-order valence-electron chi connectivity index (χ3n) is 4.75. The van der Waals surface area contributed by atoms with E-state index in [0.29, 0.717) is 23.6 Å². The first-order valence-electron chi connectivity index (χ1n) is 8.58. The zero-order valence-corrected chi connectivity index (χ0v) is 14.0. The lowest BCUT2D eigenvalue weighted by atomic mass is 9.90. The smallest absolute Gasteiger partial charge is 0.416 e. The number of halogens is 3. The maximum absolute atomic E-state index is 13.0. The lowest BCUT2D eigenvalue weighted by Gasteiger charge is -2.16. The molecule has 1 unspecified atom stereocenters. The molecule has 26 heavy (non-hydrogen) atoms. The highest BCUT2D eigenvalue weighted by Gasteiger charge is 2.31. The highest BCUT2D eigenvalue weighted by molar-refractivity contribution is 5.47. The Kier molecular flexibility index (Phi) is 4.26. The van der Waals surface area contributed by atoms with Crippen molar-refractivity contribution >= 4 is 0 Å². The number of fused-ring (bicyclic) bond motifs is 1. The zero-order chi connectivity index (χ0) is 18.1. The van der Waals surface area contributed by atoms with Gasteiger partial charge in [-0.1, -0.05) is 24.3 Å². The van der Waals surface area contributed by atoms with Crippen molar-refractivity contribution < 1.29 is 17.6 Å². The Morgan fingerprint density at radius 1 is 1.08 bits per heavy atom. The maximum Gasteiger partial charge on any atom is 0.416 e. The van der Waals surface area contributed by atoms with Crippen molar-refractivity contribution in [1.29, 1.82) is 0 Å². The number of oxazole rings is 1. The molecule has 0 saturated carbocycles. The van der Waals surface area contributed by atoms with Gasteiger partial charge in [0.15, 0.2) is 0 Å². The van der Waals surface area contributed by atoms with Gasteiger partial charge in [0.1, 0.15) is 11.5 Å². The Labute approximate surface area is 148 Å². The van der Waals surface area contributed by atoms with E-state index in [9.17, 15) is 13.2 Å². The molecule has 0 amide bonds. The zero-order valence-electron chi connectivity index (χ0n) is 14.0. The van der Waals surface area contributed by atoms with E-state index in [1.165, 1.54) is 12.1 Å². The lowest BCUT2D eigenvalue weighted by Crippen LogP contribution is -2.08. The van der Waals surface area contributed by atoms with Crippen LogP contribution in [0.15, 0.2) is 53.1 Å². The van der Waals surface area contributed by atoms with E-state index in [0.717, 1.165) is 36.8 Å². The summed E-state index contributed by atoms with van der Waals surface area (Å²) < 4.78 is 45.0. The molecular formula is C20H17F3N2O. The third-order valence-corrected chi connectivity index (χ3v) is 4.75. The first-order chi connectivity index (χ1) is 12.5. The Morgan fingerprint density at radius 2 is 1.96 bits per heavy atom. The fourth-order valence-corrected chi connectivity index (χ4v) is 3.43. The van der Waals surface area contributed by atoms with Gasteiger partial charge in [-0.15, -0.1) is 0 Å². The predicted octanol–water partition coefficient (Wildman–Crippen LogP) is 5.42. The molecule has 1 aliphatic rings. The van der Waals surface area contributed by atoms with Crippen LogP contribution in [0.5, 0.6) is 0 Å². The van der Waals surface area contributed by atoms with Gasteiger partial charge in [0.05, 0.1) is 11.3 Å². The highest BCUT2D eigenvalue weighted by atomic mass is 19.4. The van der Waals surface area contributed by atoms with E-state index in [1.807, 2.05) is 18.2 Å². The number of benzene rings is 1. The normalized spacial score (nSPS) is 17.6. The van der Waals surface area contributed by atoms with E-state index in [1.54, 1.807) is 12.3 Å². The molecule has 0 N–H and O–H groups in total. The van der Waals surface area contributed by atoms with Crippen LogP contribution in [0, 0.1) is 0 Å². The Hall–Kier alpha value is -2.63. The summed E-state index contributed by atoms with van der Waals surface area (Å²) in [6.07, 6.45) is 0.340. The molecule has 3 nitrogen and oxygen atoms in total. The van der Waals surface area contributed by atoms with Crippen LogP contribution in [0.2, 0.25) is 0 Å². The fraction of sp³-hybridized carbons (Fsp3) is 0.300. The number of hydrogen-bond donors (Lipinski definition) is 0. The first-order valence-corrected chi connectivity index (χ1v) is 8.58. The van der Waals surface area contributed by atoms with Gasteiger partial charge < -0.3 is 4.42 Å². The largest absolute Gasteiger partial charge is 0.440 e. The van der Waals surface area contributed by atoms with Crippen molar-refractivity contribution in [2.24, 2.45) is 0 Å². The van der Waals surface area contributed by atoms with Crippen molar-refractivity contribution in [3.8, 4) is 11.6 Å². The number of hydrogen-bond acceptors (Lipinski definition) is 3. The van der Waals surface area contributed by atoms with Gasteiger partial charge in [0.25, 0.3) is 0 Å². The highest BCUT2D eigenvalue weighted by Crippen LogP contribution is 2.36. The molecule has 1 aliphatic carbocycles. The summed E-state index contributed by atoms with van der Waals surface area (Å²) in [5.41, 5.74) is 1.64. The van der Waals surface area contributed by atoms with Crippen LogP contribution in [-0.4, -0.2) is 9.97 Å². The standard InChI is InChI=1S/C20H17F3N2O/c21-20(22,23)15-7-3-5-13(11-15)14-6-4-9-16-18(12-14)26-19(25-16)17-8-1-2-10-24-17/h1-3,5,7-8,10-11,14H,4,6,9,12H2. The molecule has 0 spiro atoms. The van der Waals surface area contributed by atoms with E-state index < -0.39 is 11.7 Å². The second kappa shape index (κ2) is 6.59. The SMILES string of the molecule is FC(F)(F)c1cccc(C2CCCc3nc(-c4ccccn4)oc3C2)c1. The first kappa shape index (κ1) is 16.8. The van der Waals surface area contributed by atoms with Crippen LogP contribution < -0.4 is 0 Å². The number of aryl methyl sites for hydroxylation is 1. The number of alkyl halides is 3. The van der Waals surface area contributed by atoms with Gasteiger partial charge in [0.2, 0.25) is 5.89 Å². The van der Waals surface area contributed by atoms with Crippen molar-refractivity contribution in [2.45, 2.75) is 37.8 Å². The molecule has 0 fully saturated rings. The molecule has 0 radical (unpaired) electrons. The molecule has 0 aliphatic heterocycles. The summed E-state index contributed by atoms with van der Waals surface area (Å²) in [6.45, 7) is 0. The van der Waals surface area contributed by atoms with E-state index in [4.69, 9.17) is 4.42 Å². The minimum absolute atomic E-state index is 0.0110. The average Bonchev–Trinajstić information content (AvgIpc) is 2.93. The summed E-state index contributed by atoms with van der Waals surface area (Å²) in [5.74, 6) is 1.22. The second-order valence-electron chi connectivity index (χ2n) is 6.52. The molecule has 1 aromatic carbocycles.